The van der Waals surface area contributed by atoms with Gasteiger partial charge in [-0.25, -0.2) is 9.59 Å². The zero-order chi connectivity index (χ0) is 17.9. The highest BCUT2D eigenvalue weighted by Crippen LogP contribution is 2.19. The van der Waals surface area contributed by atoms with E-state index in [0.717, 1.165) is 32.5 Å². The van der Waals surface area contributed by atoms with E-state index in [2.05, 4.69) is 29.2 Å². The van der Waals surface area contributed by atoms with Crippen LogP contribution in [0.2, 0.25) is 0 Å². The van der Waals surface area contributed by atoms with Gasteiger partial charge in [-0.05, 0) is 31.9 Å². The van der Waals surface area contributed by atoms with Crippen molar-refractivity contribution in [2.75, 3.05) is 19.7 Å². The summed E-state index contributed by atoms with van der Waals surface area (Å²) in [5, 5.41) is 14.8. The highest BCUT2D eigenvalue weighted by molar-refractivity contribution is 6.27. The van der Waals surface area contributed by atoms with Crippen LogP contribution in [0.3, 0.4) is 0 Å². The fourth-order valence-corrected chi connectivity index (χ4v) is 2.49. The predicted octanol–water partition coefficient (Wildman–Crippen LogP) is 1.62. The van der Waals surface area contributed by atoms with Crippen LogP contribution in [-0.4, -0.2) is 52.7 Å². The molecule has 1 aliphatic rings. The zero-order valence-corrected chi connectivity index (χ0v) is 13.7. The van der Waals surface area contributed by atoms with Gasteiger partial charge in [-0.2, -0.15) is 0 Å². The maximum Gasteiger partial charge on any atom is 0.414 e. The first-order chi connectivity index (χ1) is 11.4. The molecule has 1 saturated heterocycles. The molecule has 1 aromatic rings. The molecule has 0 bridgehead atoms. The lowest BCUT2D eigenvalue weighted by Crippen LogP contribution is -2.38. The average Bonchev–Trinajstić information content (AvgIpc) is 2.57. The highest BCUT2D eigenvalue weighted by atomic mass is 16.5. The van der Waals surface area contributed by atoms with Gasteiger partial charge in [0.25, 0.3) is 0 Å². The number of piperidine rings is 1. The lowest BCUT2D eigenvalue weighted by atomic mass is 9.98. The van der Waals surface area contributed by atoms with Crippen molar-refractivity contribution >= 4 is 17.9 Å². The van der Waals surface area contributed by atoms with Crippen molar-refractivity contribution in [1.29, 1.82) is 0 Å². The number of carbonyl (C=O) groups is 3. The molecule has 2 N–H and O–H groups in total. The van der Waals surface area contributed by atoms with Crippen LogP contribution in [0.1, 0.15) is 25.3 Å². The topological polar surface area (TPSA) is 104 Å². The molecule has 0 saturated carbocycles. The minimum atomic E-state index is -1.82. The third kappa shape index (κ3) is 7.23. The largest absolute Gasteiger partial charge is 0.473 e. The van der Waals surface area contributed by atoms with Gasteiger partial charge in [0.15, 0.2) is 0 Å². The smallest absolute Gasteiger partial charge is 0.414 e. The third-order valence-electron chi connectivity index (χ3n) is 3.56. The highest BCUT2D eigenvalue weighted by Gasteiger charge is 2.26. The molecule has 0 aromatic heterocycles. The Hall–Kier alpha value is -2.41. The molecular formula is C17H23NO6. The lowest BCUT2D eigenvalue weighted by Gasteiger charge is -2.31. The van der Waals surface area contributed by atoms with Gasteiger partial charge >= 0.3 is 17.9 Å². The molecule has 24 heavy (non-hydrogen) atoms. The first-order valence-electron chi connectivity index (χ1n) is 7.83. The molecule has 1 heterocycles. The number of esters is 1. The van der Waals surface area contributed by atoms with Gasteiger partial charge in [-0.15, -0.1) is 0 Å². The minimum absolute atomic E-state index is 0.0322. The third-order valence-corrected chi connectivity index (χ3v) is 3.56. The van der Waals surface area contributed by atoms with Gasteiger partial charge in [0, 0.05) is 13.1 Å². The summed E-state index contributed by atoms with van der Waals surface area (Å²) in [6, 6.07) is 10.4. The number of rotatable bonds is 4. The summed E-state index contributed by atoms with van der Waals surface area (Å²) in [5.74, 6) is -3.62. The summed E-state index contributed by atoms with van der Waals surface area (Å²) in [6.07, 6.45) is 2.04. The molecule has 1 fully saturated rings. The van der Waals surface area contributed by atoms with E-state index in [4.69, 9.17) is 24.5 Å². The Morgan fingerprint density at radius 1 is 1.17 bits per heavy atom. The van der Waals surface area contributed by atoms with Crippen LogP contribution in [0.25, 0.3) is 0 Å². The van der Waals surface area contributed by atoms with Crippen LogP contribution in [-0.2, 0) is 25.7 Å². The number of likely N-dealkylation sites (tertiary alicyclic amines) is 1. The SMILES string of the molecule is CCOC(=O)C1CCCN(Cc2ccccc2)C1.O=C(O)C(=O)O. The summed E-state index contributed by atoms with van der Waals surface area (Å²) >= 11 is 0. The lowest BCUT2D eigenvalue weighted by molar-refractivity contribution is -0.159. The second kappa shape index (κ2) is 10.4. The molecule has 0 spiro atoms. The van der Waals surface area contributed by atoms with E-state index in [0.29, 0.717) is 6.61 Å². The van der Waals surface area contributed by atoms with Crippen molar-refractivity contribution in [2.45, 2.75) is 26.3 Å². The number of carboxylic acids is 2. The minimum Gasteiger partial charge on any atom is -0.473 e. The fourth-order valence-electron chi connectivity index (χ4n) is 2.49. The number of benzene rings is 1. The van der Waals surface area contributed by atoms with Gasteiger partial charge in [0.1, 0.15) is 0 Å². The van der Waals surface area contributed by atoms with Crippen LogP contribution in [0, 0.1) is 5.92 Å². The Kier molecular flexibility index (Phi) is 8.49. The first-order valence-corrected chi connectivity index (χ1v) is 7.83. The number of nitrogens with zero attached hydrogens (tertiary/aromatic N) is 1. The molecular weight excluding hydrogens is 314 g/mol. The van der Waals surface area contributed by atoms with Crippen molar-refractivity contribution in [3.05, 3.63) is 35.9 Å². The Bertz CT molecular complexity index is 533. The first kappa shape index (κ1) is 19.6. The standard InChI is InChI=1S/C15H21NO2.C2H2O4/c1-2-18-15(17)14-9-6-10-16(12-14)11-13-7-4-3-5-8-13;3-1(4)2(5)6/h3-5,7-8,14H,2,6,9-12H2,1H3;(H,3,4)(H,5,6). The molecule has 132 valence electrons. The number of ether oxygens (including phenoxy) is 1. The normalized spacial score (nSPS) is 17.3. The van der Waals surface area contributed by atoms with Gasteiger partial charge in [0.05, 0.1) is 12.5 Å². The quantitative estimate of drug-likeness (QED) is 0.635. The van der Waals surface area contributed by atoms with Crippen molar-refractivity contribution in [3.8, 4) is 0 Å². The van der Waals surface area contributed by atoms with Gasteiger partial charge in [-0.1, -0.05) is 30.3 Å². The number of hydrogen-bond acceptors (Lipinski definition) is 5. The Morgan fingerprint density at radius 3 is 2.33 bits per heavy atom. The molecule has 0 radical (unpaired) electrons. The van der Waals surface area contributed by atoms with Crippen LogP contribution < -0.4 is 0 Å². The molecule has 1 unspecified atom stereocenters. The van der Waals surface area contributed by atoms with Crippen LogP contribution in [0.5, 0.6) is 0 Å². The van der Waals surface area contributed by atoms with Crippen LogP contribution in [0.4, 0.5) is 0 Å². The van der Waals surface area contributed by atoms with Gasteiger partial charge < -0.3 is 14.9 Å². The summed E-state index contributed by atoms with van der Waals surface area (Å²) in [7, 11) is 0. The number of carbonyl (C=O) groups excluding carboxylic acids is 1. The molecule has 2 rings (SSSR count). The number of carboxylic acid groups (broad SMARTS) is 2. The van der Waals surface area contributed by atoms with Gasteiger partial charge in [-0.3, -0.25) is 9.69 Å². The predicted molar refractivity (Wildman–Crippen MR) is 86.3 cm³/mol. The van der Waals surface area contributed by atoms with Crippen molar-refractivity contribution in [1.82, 2.24) is 4.90 Å². The number of hydrogen-bond donors (Lipinski definition) is 2. The monoisotopic (exact) mass is 337 g/mol. The Labute approximate surface area is 140 Å². The Morgan fingerprint density at radius 2 is 1.79 bits per heavy atom. The fraction of sp³-hybridized carbons (Fsp3) is 0.471. The van der Waals surface area contributed by atoms with E-state index in [-0.39, 0.29) is 11.9 Å². The second-order valence-corrected chi connectivity index (χ2v) is 5.42. The summed E-state index contributed by atoms with van der Waals surface area (Å²) in [6.45, 7) is 5.17. The van der Waals surface area contributed by atoms with E-state index in [1.165, 1.54) is 5.56 Å². The maximum absolute atomic E-state index is 11.7. The zero-order valence-electron chi connectivity index (χ0n) is 13.7. The molecule has 7 nitrogen and oxygen atoms in total. The Balaban J connectivity index is 0.000000413. The molecule has 1 aliphatic heterocycles. The van der Waals surface area contributed by atoms with Crippen molar-refractivity contribution in [2.24, 2.45) is 5.92 Å². The van der Waals surface area contributed by atoms with Crippen LogP contribution in [0.15, 0.2) is 30.3 Å². The van der Waals surface area contributed by atoms with Gasteiger partial charge in [0.2, 0.25) is 0 Å². The summed E-state index contributed by atoms with van der Waals surface area (Å²) in [5.41, 5.74) is 1.31. The maximum atomic E-state index is 11.7. The van der Waals surface area contributed by atoms with Crippen molar-refractivity contribution < 1.29 is 29.3 Å². The van der Waals surface area contributed by atoms with Crippen LogP contribution >= 0.6 is 0 Å². The second-order valence-electron chi connectivity index (χ2n) is 5.42. The molecule has 1 aromatic carbocycles. The average molecular weight is 337 g/mol. The molecule has 0 aliphatic carbocycles. The van der Waals surface area contributed by atoms with E-state index < -0.39 is 11.9 Å². The molecule has 1 atom stereocenters. The van der Waals surface area contributed by atoms with E-state index >= 15 is 0 Å². The van der Waals surface area contributed by atoms with E-state index in [1.807, 2.05) is 13.0 Å². The number of aliphatic carboxylic acids is 2. The summed E-state index contributed by atoms with van der Waals surface area (Å²) < 4.78 is 5.11. The summed E-state index contributed by atoms with van der Waals surface area (Å²) in [4.78, 5) is 32.3. The van der Waals surface area contributed by atoms with Crippen molar-refractivity contribution in [3.63, 3.8) is 0 Å². The molecule has 0 amide bonds. The van der Waals surface area contributed by atoms with E-state index in [9.17, 15) is 4.79 Å². The van der Waals surface area contributed by atoms with E-state index in [1.54, 1.807) is 0 Å². The molecule has 7 heteroatoms.